The van der Waals surface area contributed by atoms with Gasteiger partial charge < -0.3 is 20.0 Å². The standard InChI is InChI=1S/C14H18N2O4/c1-15(2)10-5-3-9(4-6-10)13(18)16-8-11(17)7-12(16)14(19)20/h3-6,11-12,17H,7-8H2,1-2H3,(H,19,20)/t11-,12-/m0/s1. The zero-order valence-corrected chi connectivity index (χ0v) is 11.5. The van der Waals surface area contributed by atoms with Crippen molar-refractivity contribution < 1.29 is 19.8 Å². The van der Waals surface area contributed by atoms with Crippen LogP contribution in [0.5, 0.6) is 0 Å². The number of benzene rings is 1. The Kier molecular flexibility index (Phi) is 3.94. The van der Waals surface area contributed by atoms with Gasteiger partial charge in [0.2, 0.25) is 0 Å². The Balaban J connectivity index is 2.20. The van der Waals surface area contributed by atoms with Crippen molar-refractivity contribution in [3.8, 4) is 0 Å². The van der Waals surface area contributed by atoms with Gasteiger partial charge in [-0.25, -0.2) is 4.79 Å². The molecule has 6 heteroatoms. The van der Waals surface area contributed by atoms with Crippen LogP contribution in [-0.2, 0) is 4.79 Å². The molecule has 6 nitrogen and oxygen atoms in total. The monoisotopic (exact) mass is 278 g/mol. The summed E-state index contributed by atoms with van der Waals surface area (Å²) in [6.45, 7) is 0.0607. The minimum absolute atomic E-state index is 0.0607. The average Bonchev–Trinajstić information content (AvgIpc) is 2.80. The van der Waals surface area contributed by atoms with Crippen molar-refractivity contribution in [1.29, 1.82) is 0 Å². The van der Waals surface area contributed by atoms with Gasteiger partial charge in [0, 0.05) is 38.3 Å². The molecule has 2 rings (SSSR count). The highest BCUT2D eigenvalue weighted by Gasteiger charge is 2.39. The van der Waals surface area contributed by atoms with Gasteiger partial charge in [0.05, 0.1) is 6.10 Å². The van der Waals surface area contributed by atoms with Crippen molar-refractivity contribution >= 4 is 17.6 Å². The zero-order chi connectivity index (χ0) is 14.9. The summed E-state index contributed by atoms with van der Waals surface area (Å²) in [5.74, 6) is -1.45. The van der Waals surface area contributed by atoms with E-state index in [1.54, 1.807) is 24.3 Å². The second kappa shape index (κ2) is 5.50. The summed E-state index contributed by atoms with van der Waals surface area (Å²) in [6.07, 6.45) is -0.697. The van der Waals surface area contributed by atoms with Gasteiger partial charge in [-0.3, -0.25) is 4.79 Å². The molecule has 2 atom stereocenters. The topological polar surface area (TPSA) is 81.1 Å². The van der Waals surface area contributed by atoms with Crippen LogP contribution in [0.4, 0.5) is 5.69 Å². The molecule has 0 spiro atoms. The van der Waals surface area contributed by atoms with Crippen molar-refractivity contribution in [2.45, 2.75) is 18.6 Å². The fraction of sp³-hybridized carbons (Fsp3) is 0.429. The highest BCUT2D eigenvalue weighted by Crippen LogP contribution is 2.22. The molecule has 0 unspecified atom stereocenters. The Morgan fingerprint density at radius 3 is 2.35 bits per heavy atom. The number of carbonyl (C=O) groups is 2. The maximum absolute atomic E-state index is 12.3. The highest BCUT2D eigenvalue weighted by atomic mass is 16.4. The maximum Gasteiger partial charge on any atom is 0.326 e. The van der Waals surface area contributed by atoms with Crippen LogP contribution in [0.15, 0.2) is 24.3 Å². The molecule has 1 fully saturated rings. The number of aliphatic hydroxyl groups excluding tert-OH is 1. The third-order valence-electron chi connectivity index (χ3n) is 3.46. The highest BCUT2D eigenvalue weighted by molar-refractivity contribution is 5.97. The molecular weight excluding hydrogens is 260 g/mol. The van der Waals surface area contributed by atoms with E-state index in [9.17, 15) is 14.7 Å². The van der Waals surface area contributed by atoms with Crippen molar-refractivity contribution in [2.75, 3.05) is 25.5 Å². The normalized spacial score (nSPS) is 21.9. The lowest BCUT2D eigenvalue weighted by molar-refractivity contribution is -0.141. The number of carbonyl (C=O) groups excluding carboxylic acids is 1. The summed E-state index contributed by atoms with van der Waals surface area (Å²) in [7, 11) is 3.79. The summed E-state index contributed by atoms with van der Waals surface area (Å²) >= 11 is 0. The fourth-order valence-corrected chi connectivity index (χ4v) is 2.34. The van der Waals surface area contributed by atoms with Crippen LogP contribution < -0.4 is 4.90 Å². The van der Waals surface area contributed by atoms with Crippen LogP contribution in [-0.4, -0.2) is 59.8 Å². The number of nitrogens with zero attached hydrogens (tertiary/aromatic N) is 2. The van der Waals surface area contributed by atoms with E-state index in [1.807, 2.05) is 19.0 Å². The summed E-state index contributed by atoms with van der Waals surface area (Å²) in [6, 6.07) is 5.99. The SMILES string of the molecule is CN(C)c1ccc(C(=O)N2C[C@@H](O)C[C@H]2C(=O)O)cc1. The van der Waals surface area contributed by atoms with Crippen molar-refractivity contribution in [3.05, 3.63) is 29.8 Å². The van der Waals surface area contributed by atoms with E-state index in [2.05, 4.69) is 0 Å². The van der Waals surface area contributed by atoms with Crippen LogP contribution in [0.1, 0.15) is 16.8 Å². The predicted molar refractivity (Wildman–Crippen MR) is 73.9 cm³/mol. The first-order valence-electron chi connectivity index (χ1n) is 6.39. The second-order valence-electron chi connectivity index (χ2n) is 5.14. The number of amides is 1. The molecule has 20 heavy (non-hydrogen) atoms. The van der Waals surface area contributed by atoms with Gasteiger partial charge in [-0.05, 0) is 24.3 Å². The van der Waals surface area contributed by atoms with Gasteiger partial charge in [0.1, 0.15) is 6.04 Å². The molecule has 2 N–H and O–H groups in total. The lowest BCUT2D eigenvalue weighted by atomic mass is 10.1. The molecule has 1 aromatic rings. The molecule has 1 aromatic carbocycles. The first-order valence-corrected chi connectivity index (χ1v) is 6.39. The van der Waals surface area contributed by atoms with Gasteiger partial charge in [-0.2, -0.15) is 0 Å². The number of carboxylic acids is 1. The number of carboxylic acid groups (broad SMARTS) is 1. The summed E-state index contributed by atoms with van der Waals surface area (Å²) in [4.78, 5) is 26.6. The Bertz CT molecular complexity index is 512. The number of hydrogen-bond acceptors (Lipinski definition) is 4. The van der Waals surface area contributed by atoms with E-state index in [0.717, 1.165) is 5.69 Å². The first-order chi connectivity index (χ1) is 9.40. The number of aliphatic hydroxyl groups is 1. The molecule has 1 heterocycles. The molecule has 0 saturated carbocycles. The van der Waals surface area contributed by atoms with E-state index in [4.69, 9.17) is 5.11 Å². The van der Waals surface area contributed by atoms with Crippen LogP contribution in [0.2, 0.25) is 0 Å². The Labute approximate surface area is 117 Å². The molecular formula is C14H18N2O4. The first kappa shape index (κ1) is 14.3. The van der Waals surface area contributed by atoms with E-state index in [0.29, 0.717) is 5.56 Å². The van der Waals surface area contributed by atoms with Crippen LogP contribution in [0.25, 0.3) is 0 Å². The molecule has 0 aromatic heterocycles. The second-order valence-corrected chi connectivity index (χ2v) is 5.14. The Morgan fingerprint density at radius 2 is 1.85 bits per heavy atom. The molecule has 0 bridgehead atoms. The van der Waals surface area contributed by atoms with Crippen LogP contribution in [0.3, 0.4) is 0 Å². The van der Waals surface area contributed by atoms with Crippen LogP contribution in [0, 0.1) is 0 Å². The molecule has 108 valence electrons. The van der Waals surface area contributed by atoms with Gasteiger partial charge in [0.25, 0.3) is 5.91 Å². The minimum atomic E-state index is -1.08. The van der Waals surface area contributed by atoms with Gasteiger partial charge in [0.15, 0.2) is 0 Å². The third-order valence-corrected chi connectivity index (χ3v) is 3.46. The number of β-amino-alcohol motifs (C(OH)–C–C–N with tert-alkyl or cyclic N) is 1. The number of hydrogen-bond donors (Lipinski definition) is 2. The van der Waals surface area contributed by atoms with Crippen molar-refractivity contribution in [2.24, 2.45) is 0 Å². The summed E-state index contributed by atoms with van der Waals surface area (Å²) < 4.78 is 0. The average molecular weight is 278 g/mol. The van der Waals surface area contributed by atoms with E-state index >= 15 is 0 Å². The smallest absolute Gasteiger partial charge is 0.326 e. The van der Waals surface area contributed by atoms with E-state index in [1.165, 1.54) is 4.90 Å². The van der Waals surface area contributed by atoms with Gasteiger partial charge >= 0.3 is 5.97 Å². The van der Waals surface area contributed by atoms with E-state index in [-0.39, 0.29) is 18.9 Å². The van der Waals surface area contributed by atoms with Crippen molar-refractivity contribution in [3.63, 3.8) is 0 Å². The maximum atomic E-state index is 12.3. The summed E-state index contributed by atoms with van der Waals surface area (Å²) in [5.41, 5.74) is 1.38. The van der Waals surface area contributed by atoms with E-state index < -0.39 is 18.1 Å². The van der Waals surface area contributed by atoms with Crippen molar-refractivity contribution in [1.82, 2.24) is 4.90 Å². The fourth-order valence-electron chi connectivity index (χ4n) is 2.34. The summed E-state index contributed by atoms with van der Waals surface area (Å²) in [5, 5.41) is 18.7. The third kappa shape index (κ3) is 2.75. The number of anilines is 1. The molecule has 0 radical (unpaired) electrons. The largest absolute Gasteiger partial charge is 0.480 e. The van der Waals surface area contributed by atoms with Gasteiger partial charge in [-0.1, -0.05) is 0 Å². The molecule has 1 amide bonds. The number of rotatable bonds is 3. The quantitative estimate of drug-likeness (QED) is 0.837. The zero-order valence-electron chi connectivity index (χ0n) is 11.5. The lowest BCUT2D eigenvalue weighted by Gasteiger charge is -2.21. The number of likely N-dealkylation sites (tertiary alicyclic amines) is 1. The Morgan fingerprint density at radius 1 is 1.25 bits per heavy atom. The molecule has 1 aliphatic rings. The Hall–Kier alpha value is -2.08. The molecule has 1 saturated heterocycles. The van der Waals surface area contributed by atoms with Gasteiger partial charge in [-0.15, -0.1) is 0 Å². The minimum Gasteiger partial charge on any atom is -0.480 e. The number of aliphatic carboxylic acids is 1. The lowest BCUT2D eigenvalue weighted by Crippen LogP contribution is -2.40. The van der Waals surface area contributed by atoms with Crippen LogP contribution >= 0.6 is 0 Å². The molecule has 0 aliphatic carbocycles. The predicted octanol–water partition coefficient (Wildman–Crippen LogP) is 0.413. The molecule has 1 aliphatic heterocycles.